The van der Waals surface area contributed by atoms with Crippen LogP contribution in [0.4, 0.5) is 0 Å². The van der Waals surface area contributed by atoms with E-state index in [2.05, 4.69) is 0 Å². The third kappa shape index (κ3) is 2.88. The average Bonchev–Trinajstić information content (AvgIpc) is 2.13. The van der Waals surface area contributed by atoms with Gasteiger partial charge in [-0.2, -0.15) is 13.7 Å². The molecule has 1 aromatic rings. The van der Waals surface area contributed by atoms with Crippen LogP contribution in [0.1, 0.15) is 31.0 Å². The van der Waals surface area contributed by atoms with Gasteiger partial charge in [0.2, 0.25) is 5.88 Å². The van der Waals surface area contributed by atoms with Gasteiger partial charge in [-0.25, -0.2) is 0 Å². The van der Waals surface area contributed by atoms with Gasteiger partial charge in [-0.05, 0) is 19.4 Å². The molecule has 0 unspecified atom stereocenters. The third-order valence-electron chi connectivity index (χ3n) is 2.27. The van der Waals surface area contributed by atoms with Gasteiger partial charge in [0.25, 0.3) is 15.7 Å². The molecule has 8 heteroatoms. The summed E-state index contributed by atoms with van der Waals surface area (Å²) in [6.45, 7) is 3.26. The van der Waals surface area contributed by atoms with E-state index in [1.807, 2.05) is 0 Å². The van der Waals surface area contributed by atoms with Crippen molar-refractivity contribution in [2.75, 3.05) is 0 Å². The third-order valence-corrected chi connectivity index (χ3v) is 2.95. The van der Waals surface area contributed by atoms with E-state index in [0.29, 0.717) is 0 Å². The van der Waals surface area contributed by atoms with E-state index in [1.54, 1.807) is 19.9 Å². The monoisotopic (exact) mass is 272 g/mol. The highest BCUT2D eigenvalue weighted by Gasteiger charge is 2.19. The fourth-order valence-corrected chi connectivity index (χ4v) is 2.21. The Morgan fingerprint density at radius 1 is 1.50 bits per heavy atom. The molecular formula is C10H12N2O5S. The molecule has 0 saturated heterocycles. The molecule has 0 aromatic carbocycles. The second kappa shape index (κ2) is 4.80. The summed E-state index contributed by atoms with van der Waals surface area (Å²) < 4.78 is 31.2. The molecule has 0 bridgehead atoms. The largest absolute Gasteiger partial charge is 0.493 e. The molecule has 0 aliphatic carbocycles. The number of nitrogens with zero attached hydrogens (tertiary/aromatic N) is 2. The molecule has 1 heterocycles. The van der Waals surface area contributed by atoms with Gasteiger partial charge in [0.15, 0.2) is 0 Å². The van der Waals surface area contributed by atoms with Gasteiger partial charge in [-0.15, -0.1) is 0 Å². The maximum absolute atomic E-state index is 11.7. The van der Waals surface area contributed by atoms with Crippen LogP contribution >= 0.6 is 0 Å². The van der Waals surface area contributed by atoms with Crippen molar-refractivity contribution >= 4 is 10.1 Å². The van der Waals surface area contributed by atoms with Gasteiger partial charge in [0, 0.05) is 12.1 Å². The number of nitriles is 1. The Kier molecular flexibility index (Phi) is 3.79. The minimum Gasteiger partial charge on any atom is -0.493 e. The molecule has 1 rings (SSSR count). The summed E-state index contributed by atoms with van der Waals surface area (Å²) in [5.74, 6) is -1.49. The van der Waals surface area contributed by atoms with Crippen LogP contribution in [0.25, 0.3) is 0 Å². The summed E-state index contributed by atoms with van der Waals surface area (Å²) in [6.07, 6.45) is 0. The highest BCUT2D eigenvalue weighted by Crippen LogP contribution is 2.22. The van der Waals surface area contributed by atoms with E-state index in [-0.39, 0.29) is 17.2 Å². The van der Waals surface area contributed by atoms with Crippen molar-refractivity contribution in [1.82, 2.24) is 4.57 Å². The summed E-state index contributed by atoms with van der Waals surface area (Å²) >= 11 is 0. The fraction of sp³-hybridized carbons (Fsp3) is 0.400. The van der Waals surface area contributed by atoms with Crippen molar-refractivity contribution in [3.05, 3.63) is 27.5 Å². The maximum Gasteiger partial charge on any atom is 0.269 e. The Balaban J connectivity index is 3.60. The first-order chi connectivity index (χ1) is 8.17. The zero-order valence-electron chi connectivity index (χ0n) is 9.78. The minimum absolute atomic E-state index is 0.223. The first-order valence-corrected chi connectivity index (χ1v) is 6.61. The molecule has 0 radical (unpaired) electrons. The smallest absolute Gasteiger partial charge is 0.269 e. The zero-order valence-corrected chi connectivity index (χ0v) is 10.6. The van der Waals surface area contributed by atoms with E-state index < -0.39 is 27.3 Å². The summed E-state index contributed by atoms with van der Waals surface area (Å²) in [5.41, 5.74) is -1.19. The molecule has 1 aromatic heterocycles. The van der Waals surface area contributed by atoms with Crippen molar-refractivity contribution in [3.63, 3.8) is 0 Å². The Hall–Kier alpha value is -1.85. The predicted octanol–water partition coefficient (Wildman–Crippen LogP) is 0.394. The van der Waals surface area contributed by atoms with Crippen LogP contribution in [0.3, 0.4) is 0 Å². The van der Waals surface area contributed by atoms with Crippen molar-refractivity contribution in [2.45, 2.75) is 25.6 Å². The molecule has 7 nitrogen and oxygen atoms in total. The molecule has 2 N–H and O–H groups in total. The predicted molar refractivity (Wildman–Crippen MR) is 62.7 cm³/mol. The first-order valence-electron chi connectivity index (χ1n) is 5.00. The molecule has 18 heavy (non-hydrogen) atoms. The van der Waals surface area contributed by atoms with E-state index in [1.165, 1.54) is 0 Å². The van der Waals surface area contributed by atoms with E-state index >= 15 is 0 Å². The molecule has 98 valence electrons. The number of pyridine rings is 1. The molecule has 0 fully saturated rings. The van der Waals surface area contributed by atoms with Crippen molar-refractivity contribution in [1.29, 1.82) is 5.26 Å². The Labute approximate surface area is 104 Å². The maximum atomic E-state index is 11.7. The van der Waals surface area contributed by atoms with E-state index in [4.69, 9.17) is 9.81 Å². The highest BCUT2D eigenvalue weighted by molar-refractivity contribution is 7.85. The van der Waals surface area contributed by atoms with Gasteiger partial charge in [-0.3, -0.25) is 13.9 Å². The van der Waals surface area contributed by atoms with Crippen LogP contribution in [-0.4, -0.2) is 22.6 Å². The van der Waals surface area contributed by atoms with Gasteiger partial charge in [0.05, 0.1) is 0 Å². The van der Waals surface area contributed by atoms with Crippen molar-refractivity contribution < 1.29 is 18.1 Å². The second-order valence-electron chi connectivity index (χ2n) is 4.01. The molecule has 0 spiro atoms. The lowest BCUT2D eigenvalue weighted by Gasteiger charge is -2.14. The standard InChI is InChI=1S/C10H12N2O5S/c1-6(2)12-9(13)3-7(5-18(15,16)17)8(4-11)10(12)14/h3,6,14H,5H2,1-2H3,(H,15,16,17). The van der Waals surface area contributed by atoms with E-state index in [0.717, 1.165) is 10.6 Å². The normalized spacial score (nSPS) is 11.5. The van der Waals surface area contributed by atoms with Crippen LogP contribution in [0, 0.1) is 11.3 Å². The summed E-state index contributed by atoms with van der Waals surface area (Å²) in [5, 5.41) is 18.7. The Morgan fingerprint density at radius 3 is 2.44 bits per heavy atom. The summed E-state index contributed by atoms with van der Waals surface area (Å²) in [4.78, 5) is 11.7. The molecule has 0 aliphatic heterocycles. The van der Waals surface area contributed by atoms with Gasteiger partial charge in [0.1, 0.15) is 17.4 Å². The topological polar surface area (TPSA) is 120 Å². The lowest BCUT2D eigenvalue weighted by atomic mass is 10.1. The molecule has 0 atom stereocenters. The van der Waals surface area contributed by atoms with Crippen molar-refractivity contribution in [3.8, 4) is 11.9 Å². The Bertz CT molecular complexity index is 667. The van der Waals surface area contributed by atoms with Crippen molar-refractivity contribution in [2.24, 2.45) is 0 Å². The first kappa shape index (κ1) is 14.2. The molecule has 0 amide bonds. The van der Waals surface area contributed by atoms with Crippen LogP contribution in [0.5, 0.6) is 5.88 Å². The average molecular weight is 272 g/mol. The van der Waals surface area contributed by atoms with Crippen LogP contribution in [0.15, 0.2) is 10.9 Å². The molecular weight excluding hydrogens is 260 g/mol. The number of rotatable bonds is 3. The van der Waals surface area contributed by atoms with Gasteiger partial charge in [-0.1, -0.05) is 0 Å². The summed E-state index contributed by atoms with van der Waals surface area (Å²) in [6, 6.07) is 2.16. The zero-order chi connectivity index (χ0) is 14.1. The summed E-state index contributed by atoms with van der Waals surface area (Å²) in [7, 11) is -4.39. The lowest BCUT2D eigenvalue weighted by molar-refractivity contribution is 0.385. The SMILES string of the molecule is CC(C)n1c(O)c(C#N)c(CS(=O)(=O)O)cc1=O. The molecule has 0 saturated carbocycles. The Morgan fingerprint density at radius 2 is 2.06 bits per heavy atom. The van der Waals surface area contributed by atoms with E-state index in [9.17, 15) is 18.3 Å². The number of aromatic nitrogens is 1. The number of hydrogen-bond donors (Lipinski definition) is 2. The van der Waals surface area contributed by atoms with Crippen LogP contribution < -0.4 is 5.56 Å². The minimum atomic E-state index is -4.39. The van der Waals surface area contributed by atoms with Gasteiger partial charge < -0.3 is 5.11 Å². The fourth-order valence-electron chi connectivity index (χ4n) is 1.59. The van der Waals surface area contributed by atoms with Gasteiger partial charge >= 0.3 is 0 Å². The molecule has 0 aliphatic rings. The quantitative estimate of drug-likeness (QED) is 0.768. The van der Waals surface area contributed by atoms with Crippen LogP contribution in [-0.2, 0) is 15.9 Å². The second-order valence-corrected chi connectivity index (χ2v) is 5.46. The lowest BCUT2D eigenvalue weighted by Crippen LogP contribution is -2.23. The number of hydrogen-bond acceptors (Lipinski definition) is 5. The number of aromatic hydroxyl groups is 1. The van der Waals surface area contributed by atoms with Crippen LogP contribution in [0.2, 0.25) is 0 Å². The highest BCUT2D eigenvalue weighted by atomic mass is 32.2.